The van der Waals surface area contributed by atoms with Gasteiger partial charge in [-0.05, 0) is 49.7 Å². The molecule has 0 unspecified atom stereocenters. The molecule has 0 saturated heterocycles. The van der Waals surface area contributed by atoms with Crippen molar-refractivity contribution in [2.45, 2.75) is 87.5 Å². The molecule has 1 N–H and O–H groups in total. The van der Waals surface area contributed by atoms with Gasteiger partial charge in [0.1, 0.15) is 6.33 Å². The quantitative estimate of drug-likeness (QED) is 0.0997. The summed E-state index contributed by atoms with van der Waals surface area (Å²) in [5.41, 5.74) is 6.86. The first-order chi connectivity index (χ1) is 19.1. The van der Waals surface area contributed by atoms with E-state index in [4.69, 9.17) is 0 Å². The third kappa shape index (κ3) is 9.04. The van der Waals surface area contributed by atoms with E-state index in [1.54, 1.807) is 17.7 Å². The van der Waals surface area contributed by atoms with Gasteiger partial charge in [0.05, 0.1) is 11.3 Å². The van der Waals surface area contributed by atoms with Gasteiger partial charge in [0.25, 0.3) is 0 Å². The van der Waals surface area contributed by atoms with Crippen molar-refractivity contribution < 1.29 is 30.0 Å². The predicted molar refractivity (Wildman–Crippen MR) is 171 cm³/mol. The van der Waals surface area contributed by atoms with Crippen LogP contribution in [0, 0.1) is 37.7 Å². The number of aromatic nitrogens is 2. The number of nitrogens with zero attached hydrogens (tertiary/aromatic N) is 2. The molecular weight excluding hydrogens is 705 g/mol. The summed E-state index contributed by atoms with van der Waals surface area (Å²) in [7, 11) is 0. The van der Waals surface area contributed by atoms with E-state index in [2.05, 4.69) is 74.1 Å². The van der Waals surface area contributed by atoms with Crippen molar-refractivity contribution in [3.05, 3.63) is 71.3 Å². The molecule has 2 heterocycles. The molecular formula is C35H45IrN2O2S-. The maximum atomic E-state index is 11.7. The number of hydrogen-bond donors (Lipinski definition) is 1. The molecule has 4 aromatic rings. The average Bonchev–Trinajstić information content (AvgIpc) is 3.27. The van der Waals surface area contributed by atoms with Gasteiger partial charge in [-0.1, -0.05) is 67.5 Å². The molecule has 4 rings (SSSR count). The number of rotatable bonds is 10. The SMILES string of the molecule is CCC(CC)C(=O)/C=C(\O)C(CC)CC.Cc1[c-]c(-c2ncnc3c2sc2cc(CC(C)C)ccc23)cc(C)c1.[Ir]. The first kappa shape index (κ1) is 34.8. The minimum absolute atomic E-state index is 0. The van der Waals surface area contributed by atoms with Crippen LogP contribution in [0.5, 0.6) is 0 Å². The molecule has 0 spiro atoms. The monoisotopic (exact) mass is 750 g/mol. The Hall–Kier alpha value is -2.40. The van der Waals surface area contributed by atoms with Gasteiger partial charge in [-0.25, -0.2) is 4.98 Å². The van der Waals surface area contributed by atoms with Crippen LogP contribution >= 0.6 is 11.3 Å². The third-order valence-electron chi connectivity index (χ3n) is 7.45. The Morgan fingerprint density at radius 3 is 2.22 bits per heavy atom. The number of benzene rings is 2. The van der Waals surface area contributed by atoms with E-state index < -0.39 is 0 Å². The van der Waals surface area contributed by atoms with Crippen LogP contribution in [0.3, 0.4) is 0 Å². The summed E-state index contributed by atoms with van der Waals surface area (Å²) in [4.78, 5) is 20.9. The molecule has 0 aliphatic carbocycles. The number of thiophene rings is 1. The van der Waals surface area contributed by atoms with E-state index in [1.807, 2.05) is 27.7 Å². The van der Waals surface area contributed by atoms with Crippen molar-refractivity contribution in [1.82, 2.24) is 9.97 Å². The summed E-state index contributed by atoms with van der Waals surface area (Å²) >= 11 is 1.79. The summed E-state index contributed by atoms with van der Waals surface area (Å²) in [6.07, 6.45) is 7.69. The Bertz CT molecular complexity index is 1450. The fourth-order valence-electron chi connectivity index (χ4n) is 5.21. The van der Waals surface area contributed by atoms with Gasteiger partial charge in [0, 0.05) is 58.5 Å². The topological polar surface area (TPSA) is 63.1 Å². The van der Waals surface area contributed by atoms with Crippen LogP contribution in [0.1, 0.15) is 83.9 Å². The Morgan fingerprint density at radius 2 is 1.63 bits per heavy atom. The van der Waals surface area contributed by atoms with Crippen LogP contribution in [0.2, 0.25) is 0 Å². The van der Waals surface area contributed by atoms with Crippen LogP contribution in [0.4, 0.5) is 0 Å². The second-order valence-corrected chi connectivity index (χ2v) is 12.2. The molecule has 1 radical (unpaired) electrons. The van der Waals surface area contributed by atoms with Gasteiger partial charge in [0.15, 0.2) is 5.78 Å². The zero-order valence-corrected chi connectivity index (χ0v) is 29.0. The number of carbonyl (C=O) groups excluding carboxylic acids is 1. The van der Waals surface area contributed by atoms with E-state index in [-0.39, 0.29) is 43.5 Å². The minimum Gasteiger partial charge on any atom is -0.512 e. The molecule has 6 heteroatoms. The zero-order chi connectivity index (χ0) is 29.4. The number of carbonyl (C=O) groups is 1. The number of aliphatic hydroxyl groups excluding tert-OH is 1. The summed E-state index contributed by atoms with van der Waals surface area (Å²) < 4.78 is 2.44. The van der Waals surface area contributed by atoms with Gasteiger partial charge >= 0.3 is 0 Å². The summed E-state index contributed by atoms with van der Waals surface area (Å²) in [6, 6.07) is 14.5. The van der Waals surface area contributed by atoms with E-state index in [0.717, 1.165) is 59.1 Å². The fraction of sp³-hybridized carbons (Fsp3) is 0.457. The van der Waals surface area contributed by atoms with E-state index in [1.165, 1.54) is 27.3 Å². The number of aliphatic hydroxyl groups is 1. The first-order valence-corrected chi connectivity index (χ1v) is 15.5. The van der Waals surface area contributed by atoms with Crippen LogP contribution in [0.15, 0.2) is 48.5 Å². The predicted octanol–water partition coefficient (Wildman–Crippen LogP) is 9.99. The van der Waals surface area contributed by atoms with Crippen molar-refractivity contribution in [3.63, 3.8) is 0 Å². The van der Waals surface area contributed by atoms with Crippen molar-refractivity contribution in [3.8, 4) is 11.3 Å². The smallest absolute Gasteiger partial charge is 0.162 e. The molecule has 0 aliphatic rings. The molecule has 0 aliphatic heterocycles. The van der Waals surface area contributed by atoms with Gasteiger partial charge in [-0.2, -0.15) is 0 Å². The zero-order valence-electron chi connectivity index (χ0n) is 25.8. The average molecular weight is 750 g/mol. The van der Waals surface area contributed by atoms with Crippen molar-refractivity contribution in [2.24, 2.45) is 17.8 Å². The molecule has 0 amide bonds. The summed E-state index contributed by atoms with van der Waals surface area (Å²) in [5.74, 6) is 1.21. The Labute approximate surface area is 264 Å². The fourth-order valence-corrected chi connectivity index (χ4v) is 6.44. The number of allylic oxidation sites excluding steroid dienone is 2. The molecule has 2 aromatic carbocycles. The van der Waals surface area contributed by atoms with Crippen molar-refractivity contribution in [1.29, 1.82) is 0 Å². The van der Waals surface area contributed by atoms with E-state index in [9.17, 15) is 9.90 Å². The molecule has 0 saturated carbocycles. The third-order valence-corrected chi connectivity index (χ3v) is 8.59. The Balaban J connectivity index is 0.000000320. The van der Waals surface area contributed by atoms with Gasteiger partial charge in [-0.3, -0.25) is 9.78 Å². The number of ketones is 1. The molecule has 0 fully saturated rings. The maximum absolute atomic E-state index is 11.7. The van der Waals surface area contributed by atoms with Gasteiger partial charge in [0.2, 0.25) is 0 Å². The maximum Gasteiger partial charge on any atom is 0.162 e. The number of fused-ring (bicyclic) bond motifs is 3. The van der Waals surface area contributed by atoms with Crippen LogP contribution in [-0.4, -0.2) is 20.9 Å². The normalized spacial score (nSPS) is 11.7. The second-order valence-electron chi connectivity index (χ2n) is 11.2. The van der Waals surface area contributed by atoms with Crippen LogP contribution in [0.25, 0.3) is 31.6 Å². The molecule has 41 heavy (non-hydrogen) atoms. The standard InChI is InChI=1S/C22H21N2S.C13H24O2.Ir/c1-13(2)7-16-5-6-18-19(11-16)25-22-20(23-12-24-21(18)22)17-9-14(3)8-15(4)10-17;1-5-10(6-2)12(14)9-13(15)11(7-3)8-4;/h5-6,8-9,11-13H,7H2,1-4H3;9-11,14H,5-8H2,1-4H3;/q-1;;/b;12-9-;. The van der Waals surface area contributed by atoms with Gasteiger partial charge in [-0.15, -0.1) is 46.2 Å². The van der Waals surface area contributed by atoms with Crippen molar-refractivity contribution >= 4 is 37.4 Å². The first-order valence-electron chi connectivity index (χ1n) is 14.7. The Kier molecular flexibility index (Phi) is 13.8. The van der Waals surface area contributed by atoms with E-state index >= 15 is 0 Å². The van der Waals surface area contributed by atoms with E-state index in [0.29, 0.717) is 5.92 Å². The van der Waals surface area contributed by atoms with Crippen molar-refractivity contribution in [2.75, 3.05) is 0 Å². The Morgan fingerprint density at radius 1 is 0.976 bits per heavy atom. The molecule has 2 aromatic heterocycles. The molecule has 4 nitrogen and oxygen atoms in total. The summed E-state index contributed by atoms with van der Waals surface area (Å²) in [6.45, 7) is 16.8. The second kappa shape index (κ2) is 16.3. The number of aryl methyl sites for hydroxylation is 2. The van der Waals surface area contributed by atoms with Gasteiger partial charge < -0.3 is 5.11 Å². The number of hydrogen-bond acceptors (Lipinski definition) is 5. The largest absolute Gasteiger partial charge is 0.512 e. The van der Waals surface area contributed by atoms with Crippen LogP contribution in [-0.2, 0) is 31.3 Å². The summed E-state index contributed by atoms with van der Waals surface area (Å²) in [5, 5.41) is 11.0. The molecule has 223 valence electrons. The molecule has 0 bridgehead atoms. The minimum atomic E-state index is 0. The van der Waals surface area contributed by atoms with Crippen LogP contribution < -0.4 is 0 Å². The molecule has 0 atom stereocenters.